The number of nitrogens with zero attached hydrogens (tertiary/aromatic N) is 1. The van der Waals surface area contributed by atoms with Crippen molar-refractivity contribution < 1.29 is 9.21 Å². The molecule has 0 saturated carbocycles. The molecule has 0 aliphatic carbocycles. The second-order valence-corrected chi connectivity index (χ2v) is 5.67. The molecule has 1 heterocycles. The first-order chi connectivity index (χ1) is 10.5. The van der Waals surface area contributed by atoms with E-state index in [4.69, 9.17) is 33.4 Å². The molecule has 1 unspecified atom stereocenters. The van der Waals surface area contributed by atoms with Gasteiger partial charge in [0.15, 0.2) is 5.69 Å². The highest BCUT2D eigenvalue weighted by Gasteiger charge is 2.15. The Labute approximate surface area is 138 Å². The van der Waals surface area contributed by atoms with E-state index in [2.05, 4.69) is 10.3 Å². The van der Waals surface area contributed by atoms with Crippen LogP contribution >= 0.6 is 23.2 Å². The molecule has 0 fully saturated rings. The van der Waals surface area contributed by atoms with Gasteiger partial charge in [0.25, 0.3) is 5.91 Å². The molecule has 3 N–H and O–H groups in total. The van der Waals surface area contributed by atoms with E-state index in [-0.39, 0.29) is 17.6 Å². The fourth-order valence-electron chi connectivity index (χ4n) is 1.86. The van der Waals surface area contributed by atoms with Gasteiger partial charge in [0.1, 0.15) is 6.26 Å². The van der Waals surface area contributed by atoms with Crippen molar-refractivity contribution in [2.24, 2.45) is 5.73 Å². The Balaban J connectivity index is 1.88. The van der Waals surface area contributed by atoms with Crippen LogP contribution in [0.15, 0.2) is 28.9 Å². The molecule has 2 aromatic rings. The third kappa shape index (κ3) is 4.22. The highest BCUT2D eigenvalue weighted by molar-refractivity contribution is 6.35. The van der Waals surface area contributed by atoms with Crippen molar-refractivity contribution in [1.82, 2.24) is 10.3 Å². The second kappa shape index (κ2) is 7.63. The predicted octanol–water partition coefficient (Wildman–Crippen LogP) is 3.36. The zero-order chi connectivity index (χ0) is 16.1. The Morgan fingerprint density at radius 3 is 2.91 bits per heavy atom. The molecule has 0 saturated heterocycles. The van der Waals surface area contributed by atoms with Crippen LogP contribution in [0.25, 0.3) is 0 Å². The third-order valence-corrected chi connectivity index (χ3v) is 3.79. The van der Waals surface area contributed by atoms with Gasteiger partial charge >= 0.3 is 0 Å². The molecule has 22 heavy (non-hydrogen) atoms. The van der Waals surface area contributed by atoms with E-state index in [1.165, 1.54) is 6.26 Å². The Hall–Kier alpha value is -1.56. The van der Waals surface area contributed by atoms with E-state index >= 15 is 0 Å². The number of hydrogen-bond acceptors (Lipinski definition) is 4. The van der Waals surface area contributed by atoms with Gasteiger partial charge in [0, 0.05) is 16.6 Å². The number of nitrogens with two attached hydrogens (primary N) is 1. The minimum atomic E-state index is -0.302. The van der Waals surface area contributed by atoms with Crippen molar-refractivity contribution in [3.05, 3.63) is 51.7 Å². The van der Waals surface area contributed by atoms with Gasteiger partial charge in [-0.3, -0.25) is 4.79 Å². The Kier molecular flexibility index (Phi) is 5.83. The summed E-state index contributed by atoms with van der Waals surface area (Å²) in [6.45, 7) is 2.35. The van der Waals surface area contributed by atoms with Crippen LogP contribution in [0, 0.1) is 0 Å². The number of oxazole rings is 1. The van der Waals surface area contributed by atoms with Crippen molar-refractivity contribution >= 4 is 29.1 Å². The standard InChI is InChI=1S/C15H17Cl2N3O2/c1-2-12(18)15-20-13(8-22-15)14(21)19-6-5-9-3-4-10(16)7-11(9)17/h3-4,7-8,12H,2,5-6,18H2,1H3,(H,19,21). The molecule has 1 amide bonds. The van der Waals surface area contributed by atoms with Gasteiger partial charge in [-0.15, -0.1) is 0 Å². The molecule has 0 spiro atoms. The molecule has 5 nitrogen and oxygen atoms in total. The van der Waals surface area contributed by atoms with Gasteiger partial charge < -0.3 is 15.5 Å². The predicted molar refractivity (Wildman–Crippen MR) is 86.2 cm³/mol. The number of carbonyl (C=O) groups excluding carboxylic acids is 1. The molecule has 0 radical (unpaired) electrons. The smallest absolute Gasteiger partial charge is 0.273 e. The first-order valence-electron chi connectivity index (χ1n) is 6.94. The van der Waals surface area contributed by atoms with Crippen LogP contribution in [0.4, 0.5) is 0 Å². The van der Waals surface area contributed by atoms with E-state index in [0.29, 0.717) is 35.3 Å². The fourth-order valence-corrected chi connectivity index (χ4v) is 2.37. The largest absolute Gasteiger partial charge is 0.446 e. The summed E-state index contributed by atoms with van der Waals surface area (Å²) in [5, 5.41) is 3.93. The van der Waals surface area contributed by atoms with Crippen molar-refractivity contribution in [3.63, 3.8) is 0 Å². The first kappa shape index (κ1) is 16.8. The number of aromatic nitrogens is 1. The maximum Gasteiger partial charge on any atom is 0.273 e. The van der Waals surface area contributed by atoms with E-state index in [9.17, 15) is 4.79 Å². The fraction of sp³-hybridized carbons (Fsp3) is 0.333. The Morgan fingerprint density at radius 1 is 1.45 bits per heavy atom. The highest BCUT2D eigenvalue weighted by atomic mass is 35.5. The molecule has 1 aromatic carbocycles. The lowest BCUT2D eigenvalue weighted by molar-refractivity contribution is 0.0949. The topological polar surface area (TPSA) is 81.1 Å². The average molecular weight is 342 g/mol. The monoisotopic (exact) mass is 341 g/mol. The first-order valence-corrected chi connectivity index (χ1v) is 7.70. The molecule has 0 aliphatic heterocycles. The summed E-state index contributed by atoms with van der Waals surface area (Å²) >= 11 is 11.9. The zero-order valence-corrected chi connectivity index (χ0v) is 13.6. The van der Waals surface area contributed by atoms with E-state index in [1.54, 1.807) is 12.1 Å². The van der Waals surface area contributed by atoms with Crippen molar-refractivity contribution in [3.8, 4) is 0 Å². The van der Waals surface area contributed by atoms with Crippen LogP contribution in [-0.2, 0) is 6.42 Å². The maximum absolute atomic E-state index is 12.0. The van der Waals surface area contributed by atoms with E-state index in [0.717, 1.165) is 5.56 Å². The lowest BCUT2D eigenvalue weighted by Crippen LogP contribution is -2.26. The van der Waals surface area contributed by atoms with Crippen LogP contribution in [0.5, 0.6) is 0 Å². The Morgan fingerprint density at radius 2 is 2.23 bits per heavy atom. The van der Waals surface area contributed by atoms with Crippen molar-refractivity contribution in [1.29, 1.82) is 0 Å². The summed E-state index contributed by atoms with van der Waals surface area (Å²) in [5.74, 6) is 0.0665. The van der Waals surface area contributed by atoms with Gasteiger partial charge in [-0.05, 0) is 30.5 Å². The zero-order valence-electron chi connectivity index (χ0n) is 12.1. The SMILES string of the molecule is CCC(N)c1nc(C(=O)NCCc2ccc(Cl)cc2Cl)co1. The highest BCUT2D eigenvalue weighted by Crippen LogP contribution is 2.21. The molecule has 7 heteroatoms. The second-order valence-electron chi connectivity index (χ2n) is 4.83. The number of benzene rings is 1. The average Bonchev–Trinajstić information content (AvgIpc) is 2.98. The number of rotatable bonds is 6. The van der Waals surface area contributed by atoms with Gasteiger partial charge in [-0.1, -0.05) is 36.2 Å². The van der Waals surface area contributed by atoms with Crippen LogP contribution in [0.3, 0.4) is 0 Å². The lowest BCUT2D eigenvalue weighted by Gasteiger charge is -2.06. The molecule has 2 rings (SSSR count). The summed E-state index contributed by atoms with van der Waals surface area (Å²) in [6, 6.07) is 4.98. The molecule has 0 aliphatic rings. The summed E-state index contributed by atoms with van der Waals surface area (Å²) in [4.78, 5) is 16.1. The van der Waals surface area contributed by atoms with Crippen molar-refractivity contribution in [2.45, 2.75) is 25.8 Å². The molecular formula is C15H17Cl2N3O2. The Bertz CT molecular complexity index is 658. The van der Waals surface area contributed by atoms with Gasteiger partial charge in [0.2, 0.25) is 5.89 Å². The maximum atomic E-state index is 12.0. The molecule has 1 aromatic heterocycles. The minimum Gasteiger partial charge on any atom is -0.446 e. The third-order valence-electron chi connectivity index (χ3n) is 3.21. The summed E-state index contributed by atoms with van der Waals surface area (Å²) in [6.07, 6.45) is 2.60. The molecule has 1 atom stereocenters. The van der Waals surface area contributed by atoms with E-state index < -0.39 is 0 Å². The van der Waals surface area contributed by atoms with Crippen LogP contribution in [0.1, 0.15) is 41.3 Å². The van der Waals surface area contributed by atoms with Gasteiger partial charge in [0.05, 0.1) is 6.04 Å². The summed E-state index contributed by atoms with van der Waals surface area (Å²) < 4.78 is 5.20. The minimum absolute atomic E-state index is 0.223. The normalized spacial score (nSPS) is 12.2. The van der Waals surface area contributed by atoms with Crippen LogP contribution < -0.4 is 11.1 Å². The van der Waals surface area contributed by atoms with Gasteiger partial charge in [-0.2, -0.15) is 0 Å². The molecular weight excluding hydrogens is 325 g/mol. The number of amides is 1. The number of halogens is 2. The number of nitrogens with one attached hydrogen (secondary N) is 1. The molecule has 118 valence electrons. The quantitative estimate of drug-likeness (QED) is 0.843. The molecule has 0 bridgehead atoms. The van der Waals surface area contributed by atoms with Crippen molar-refractivity contribution in [2.75, 3.05) is 6.54 Å². The lowest BCUT2D eigenvalue weighted by atomic mass is 10.1. The number of carbonyl (C=O) groups is 1. The number of hydrogen-bond donors (Lipinski definition) is 2. The van der Waals surface area contributed by atoms with Gasteiger partial charge in [-0.25, -0.2) is 4.98 Å². The summed E-state index contributed by atoms with van der Waals surface area (Å²) in [5.41, 5.74) is 6.94. The van der Waals surface area contributed by atoms with Crippen LogP contribution in [0.2, 0.25) is 10.0 Å². The summed E-state index contributed by atoms with van der Waals surface area (Å²) in [7, 11) is 0. The van der Waals surface area contributed by atoms with E-state index in [1.807, 2.05) is 13.0 Å². The van der Waals surface area contributed by atoms with Crippen LogP contribution in [-0.4, -0.2) is 17.4 Å².